The van der Waals surface area contributed by atoms with Crippen molar-refractivity contribution in [2.75, 3.05) is 13.2 Å². The lowest BCUT2D eigenvalue weighted by Gasteiger charge is -2.18. The van der Waals surface area contributed by atoms with Gasteiger partial charge in [-0.25, -0.2) is 4.99 Å². The van der Waals surface area contributed by atoms with Crippen molar-refractivity contribution < 1.29 is 9.47 Å². The van der Waals surface area contributed by atoms with Crippen LogP contribution in [0.25, 0.3) is 0 Å². The molecule has 0 radical (unpaired) electrons. The minimum atomic E-state index is -1.04. The van der Waals surface area contributed by atoms with E-state index < -0.39 is 5.91 Å². The van der Waals surface area contributed by atoms with Crippen LogP contribution < -0.4 is 5.73 Å². The molecule has 0 atom stereocenters. The third kappa shape index (κ3) is 1.13. The third-order valence-corrected chi connectivity index (χ3v) is 2.87. The molecule has 2 aliphatic heterocycles. The number of amidine groups is 1. The molecular formula is C10H9ClN2O2. The van der Waals surface area contributed by atoms with Crippen LogP contribution in [0.3, 0.4) is 0 Å². The molecule has 4 nitrogen and oxygen atoms in total. The van der Waals surface area contributed by atoms with Gasteiger partial charge < -0.3 is 15.2 Å². The lowest BCUT2D eigenvalue weighted by molar-refractivity contribution is -0.155. The quantitative estimate of drug-likeness (QED) is 0.721. The van der Waals surface area contributed by atoms with Crippen molar-refractivity contribution in [3.63, 3.8) is 0 Å². The van der Waals surface area contributed by atoms with Crippen LogP contribution in [0.4, 0.5) is 0 Å². The van der Waals surface area contributed by atoms with Crippen LogP contribution in [-0.4, -0.2) is 19.0 Å². The molecule has 0 aliphatic carbocycles. The molecule has 15 heavy (non-hydrogen) atoms. The highest BCUT2D eigenvalue weighted by Crippen LogP contribution is 2.41. The number of hydrogen-bond donors (Lipinski definition) is 1. The Balaban J connectivity index is 2.24. The number of aliphatic imine (C=N–C) groups is 1. The summed E-state index contributed by atoms with van der Waals surface area (Å²) in [5, 5.41) is 0.574. The molecular weight excluding hydrogens is 216 g/mol. The van der Waals surface area contributed by atoms with Gasteiger partial charge in [-0.05, 0) is 6.07 Å². The second-order valence-electron chi connectivity index (χ2n) is 3.44. The third-order valence-electron chi connectivity index (χ3n) is 2.56. The van der Waals surface area contributed by atoms with Gasteiger partial charge in [0.1, 0.15) is 5.84 Å². The molecule has 2 heterocycles. The Hall–Kier alpha value is -1.10. The van der Waals surface area contributed by atoms with Crippen molar-refractivity contribution in [3.05, 3.63) is 34.3 Å². The second kappa shape index (κ2) is 2.95. The average molecular weight is 225 g/mol. The van der Waals surface area contributed by atoms with E-state index in [-0.39, 0.29) is 0 Å². The Morgan fingerprint density at radius 2 is 2.07 bits per heavy atom. The number of benzene rings is 1. The zero-order valence-corrected chi connectivity index (χ0v) is 8.62. The summed E-state index contributed by atoms with van der Waals surface area (Å²) in [5.74, 6) is -0.665. The Labute approximate surface area is 91.6 Å². The standard InChI is InChI=1S/C10H9ClN2O2/c11-7-3-1-2-6-8(7)9(12)13-10(6)14-4-5-15-10/h1-3H,4-5H2,(H2,12,13). The smallest absolute Gasteiger partial charge is 0.300 e. The van der Waals surface area contributed by atoms with Crippen molar-refractivity contribution >= 4 is 17.4 Å². The summed E-state index contributed by atoms with van der Waals surface area (Å²) in [5.41, 5.74) is 7.33. The molecule has 1 saturated heterocycles. The minimum Gasteiger partial charge on any atom is -0.383 e. The van der Waals surface area contributed by atoms with E-state index in [1.807, 2.05) is 12.1 Å². The highest BCUT2D eigenvalue weighted by atomic mass is 35.5. The summed E-state index contributed by atoms with van der Waals surface area (Å²) in [6, 6.07) is 5.48. The van der Waals surface area contributed by atoms with Crippen LogP contribution >= 0.6 is 11.6 Å². The number of rotatable bonds is 0. The van der Waals surface area contributed by atoms with Crippen LogP contribution in [-0.2, 0) is 15.4 Å². The maximum atomic E-state index is 6.05. The predicted octanol–water partition coefficient (Wildman–Crippen LogP) is 1.22. The topological polar surface area (TPSA) is 56.8 Å². The Morgan fingerprint density at radius 1 is 1.33 bits per heavy atom. The summed E-state index contributed by atoms with van der Waals surface area (Å²) in [6.07, 6.45) is 0. The number of halogens is 1. The van der Waals surface area contributed by atoms with Gasteiger partial charge >= 0.3 is 5.91 Å². The Bertz CT molecular complexity index is 453. The van der Waals surface area contributed by atoms with Gasteiger partial charge in [0, 0.05) is 11.1 Å². The van der Waals surface area contributed by atoms with Crippen molar-refractivity contribution in [2.24, 2.45) is 10.7 Å². The van der Waals surface area contributed by atoms with E-state index in [4.69, 9.17) is 26.8 Å². The number of nitrogens with zero attached hydrogens (tertiary/aromatic N) is 1. The monoisotopic (exact) mass is 224 g/mol. The molecule has 1 aromatic rings. The fourth-order valence-electron chi connectivity index (χ4n) is 1.94. The summed E-state index contributed by atoms with van der Waals surface area (Å²) in [4.78, 5) is 4.21. The van der Waals surface area contributed by atoms with Gasteiger partial charge in [0.25, 0.3) is 0 Å². The fraction of sp³-hybridized carbons (Fsp3) is 0.300. The summed E-state index contributed by atoms with van der Waals surface area (Å²) in [7, 11) is 0. The van der Waals surface area contributed by atoms with E-state index in [9.17, 15) is 0 Å². The van der Waals surface area contributed by atoms with E-state index in [2.05, 4.69) is 4.99 Å². The van der Waals surface area contributed by atoms with Crippen molar-refractivity contribution in [1.29, 1.82) is 0 Å². The minimum absolute atomic E-state index is 0.373. The molecule has 3 rings (SSSR count). The molecule has 2 N–H and O–H groups in total. The van der Waals surface area contributed by atoms with E-state index >= 15 is 0 Å². The van der Waals surface area contributed by atoms with Gasteiger partial charge in [0.2, 0.25) is 0 Å². The molecule has 78 valence electrons. The zero-order valence-electron chi connectivity index (χ0n) is 7.87. The molecule has 0 saturated carbocycles. The van der Waals surface area contributed by atoms with E-state index in [1.165, 1.54) is 0 Å². The number of fused-ring (bicyclic) bond motifs is 2. The first kappa shape index (κ1) is 9.15. The van der Waals surface area contributed by atoms with Crippen LogP contribution in [0.5, 0.6) is 0 Å². The van der Waals surface area contributed by atoms with Gasteiger partial charge in [-0.15, -0.1) is 0 Å². The SMILES string of the molecule is NC1=NC2(OCCO2)c2cccc(Cl)c21. The van der Waals surface area contributed by atoms with Crippen LogP contribution in [0, 0.1) is 0 Å². The molecule has 0 unspecified atom stereocenters. The lowest BCUT2D eigenvalue weighted by atomic mass is 10.1. The predicted molar refractivity (Wildman–Crippen MR) is 55.8 cm³/mol. The van der Waals surface area contributed by atoms with Crippen molar-refractivity contribution in [3.8, 4) is 0 Å². The number of ether oxygens (including phenoxy) is 2. The average Bonchev–Trinajstić information content (AvgIpc) is 2.76. The van der Waals surface area contributed by atoms with Crippen molar-refractivity contribution in [1.82, 2.24) is 0 Å². The molecule has 1 aromatic carbocycles. The van der Waals surface area contributed by atoms with Crippen molar-refractivity contribution in [2.45, 2.75) is 5.91 Å². The molecule has 5 heteroatoms. The summed E-state index contributed by atoms with van der Waals surface area (Å²) < 4.78 is 11.0. The Morgan fingerprint density at radius 3 is 2.80 bits per heavy atom. The van der Waals surface area contributed by atoms with Gasteiger partial charge in [0.05, 0.1) is 18.2 Å². The van der Waals surface area contributed by atoms with E-state index in [0.717, 1.165) is 11.1 Å². The molecule has 0 bridgehead atoms. The van der Waals surface area contributed by atoms with Gasteiger partial charge in [0.15, 0.2) is 0 Å². The first-order valence-corrected chi connectivity index (χ1v) is 5.03. The molecule has 0 amide bonds. The van der Waals surface area contributed by atoms with Crippen LogP contribution in [0.2, 0.25) is 5.02 Å². The lowest BCUT2D eigenvalue weighted by Crippen LogP contribution is -2.22. The fourth-order valence-corrected chi connectivity index (χ4v) is 2.22. The first-order chi connectivity index (χ1) is 7.23. The first-order valence-electron chi connectivity index (χ1n) is 4.65. The number of nitrogens with two attached hydrogens (primary N) is 1. The zero-order chi connectivity index (χ0) is 10.5. The highest BCUT2D eigenvalue weighted by Gasteiger charge is 2.45. The molecule has 2 aliphatic rings. The molecule has 0 aromatic heterocycles. The molecule has 1 spiro atoms. The largest absolute Gasteiger partial charge is 0.383 e. The van der Waals surface area contributed by atoms with Crippen LogP contribution in [0.1, 0.15) is 11.1 Å². The van der Waals surface area contributed by atoms with E-state index in [0.29, 0.717) is 24.1 Å². The Kier molecular flexibility index (Phi) is 1.80. The number of hydrogen-bond acceptors (Lipinski definition) is 4. The summed E-state index contributed by atoms with van der Waals surface area (Å²) in [6.45, 7) is 1.03. The van der Waals surface area contributed by atoms with Gasteiger partial charge in [-0.2, -0.15) is 0 Å². The maximum absolute atomic E-state index is 6.05. The highest BCUT2D eigenvalue weighted by molar-refractivity contribution is 6.34. The van der Waals surface area contributed by atoms with Gasteiger partial charge in [-0.3, -0.25) is 0 Å². The van der Waals surface area contributed by atoms with Gasteiger partial charge in [-0.1, -0.05) is 23.7 Å². The van der Waals surface area contributed by atoms with E-state index in [1.54, 1.807) is 6.07 Å². The normalized spacial score (nSPS) is 21.8. The second-order valence-corrected chi connectivity index (χ2v) is 3.85. The summed E-state index contributed by atoms with van der Waals surface area (Å²) >= 11 is 6.05. The molecule has 1 fully saturated rings. The maximum Gasteiger partial charge on any atom is 0.300 e. The van der Waals surface area contributed by atoms with Crippen LogP contribution in [0.15, 0.2) is 23.2 Å².